The molecule has 0 aliphatic carbocycles. The largest absolute Gasteiger partial charge is 0.508 e. The van der Waals surface area contributed by atoms with E-state index in [-0.39, 0.29) is 29.9 Å². The third-order valence-electron chi connectivity index (χ3n) is 2.60. The third-order valence-corrected chi connectivity index (χ3v) is 2.60. The number of aromatic hydroxyl groups is 1. The molecule has 0 bridgehead atoms. The number of anilines is 1. The van der Waals surface area contributed by atoms with Gasteiger partial charge in [0.05, 0.1) is 18.2 Å². The van der Waals surface area contributed by atoms with Crippen LogP contribution in [0.2, 0.25) is 0 Å². The topological polar surface area (TPSA) is 95.6 Å². The van der Waals surface area contributed by atoms with E-state index >= 15 is 0 Å². The van der Waals surface area contributed by atoms with Crippen LogP contribution in [0.1, 0.15) is 24.2 Å². The van der Waals surface area contributed by atoms with E-state index in [0.29, 0.717) is 5.69 Å². The lowest BCUT2D eigenvalue weighted by Crippen LogP contribution is -2.41. The minimum atomic E-state index is -0.397. The van der Waals surface area contributed by atoms with Crippen molar-refractivity contribution in [2.24, 2.45) is 5.92 Å². The highest BCUT2D eigenvalue weighted by Gasteiger charge is 2.18. The highest BCUT2D eigenvalue weighted by molar-refractivity contribution is 5.99. The summed E-state index contributed by atoms with van der Waals surface area (Å²) in [7, 11) is 0. The number of amides is 1. The van der Waals surface area contributed by atoms with Gasteiger partial charge in [-0.15, -0.1) is 0 Å². The predicted octanol–water partition coefficient (Wildman–Crippen LogP) is 0.721. The quantitative estimate of drug-likeness (QED) is 0.459. The summed E-state index contributed by atoms with van der Waals surface area (Å²) < 4.78 is 0. The molecule has 1 rings (SSSR count). The molecule has 1 amide bonds. The minimum Gasteiger partial charge on any atom is -0.508 e. The monoisotopic (exact) mass is 238 g/mol. The maximum Gasteiger partial charge on any atom is 0.253 e. The van der Waals surface area contributed by atoms with Gasteiger partial charge in [-0.1, -0.05) is 13.8 Å². The zero-order valence-electron chi connectivity index (χ0n) is 9.97. The number of hydrogen-bond acceptors (Lipinski definition) is 4. The van der Waals surface area contributed by atoms with E-state index in [1.807, 2.05) is 13.8 Å². The highest BCUT2D eigenvalue weighted by atomic mass is 16.3. The van der Waals surface area contributed by atoms with E-state index in [9.17, 15) is 9.90 Å². The van der Waals surface area contributed by atoms with E-state index in [1.54, 1.807) is 0 Å². The van der Waals surface area contributed by atoms with E-state index in [1.165, 1.54) is 18.2 Å². The van der Waals surface area contributed by atoms with Gasteiger partial charge in [0.15, 0.2) is 0 Å². The second kappa shape index (κ2) is 5.54. The molecule has 0 radical (unpaired) electrons. The zero-order chi connectivity index (χ0) is 13.0. The van der Waals surface area contributed by atoms with Crippen molar-refractivity contribution < 1.29 is 15.0 Å². The Morgan fingerprint density at radius 2 is 2.12 bits per heavy atom. The van der Waals surface area contributed by atoms with Crippen LogP contribution in [0.4, 0.5) is 5.69 Å². The summed E-state index contributed by atoms with van der Waals surface area (Å²) >= 11 is 0. The Labute approximate surface area is 100 Å². The molecular weight excluding hydrogens is 220 g/mol. The van der Waals surface area contributed by atoms with Crippen molar-refractivity contribution in [2.75, 3.05) is 12.3 Å². The lowest BCUT2D eigenvalue weighted by molar-refractivity contribution is 0.0897. The number of nitrogens with two attached hydrogens (primary N) is 1. The maximum atomic E-state index is 11.9. The molecule has 0 aromatic heterocycles. The molecule has 94 valence electrons. The van der Waals surface area contributed by atoms with Gasteiger partial charge in [0.2, 0.25) is 0 Å². The minimum absolute atomic E-state index is 0.0190. The molecule has 0 saturated carbocycles. The van der Waals surface area contributed by atoms with Gasteiger partial charge in [0.25, 0.3) is 5.91 Å². The molecule has 5 N–H and O–H groups in total. The fraction of sp³-hybridized carbons (Fsp3) is 0.417. The summed E-state index contributed by atoms with van der Waals surface area (Å²) in [6, 6.07) is 3.86. The Bertz CT molecular complexity index is 405. The normalized spacial score (nSPS) is 12.5. The number of aliphatic hydroxyl groups excluding tert-OH is 1. The van der Waals surface area contributed by atoms with Gasteiger partial charge in [-0.05, 0) is 24.1 Å². The lowest BCUT2D eigenvalue weighted by atomic mass is 10.0. The first kappa shape index (κ1) is 13.3. The van der Waals surface area contributed by atoms with Crippen molar-refractivity contribution in [3.8, 4) is 5.75 Å². The predicted molar refractivity (Wildman–Crippen MR) is 65.7 cm³/mol. The summed E-state index contributed by atoms with van der Waals surface area (Å²) in [5, 5.41) is 21.1. The second-order valence-corrected chi connectivity index (χ2v) is 4.28. The molecule has 5 heteroatoms. The van der Waals surface area contributed by atoms with Crippen LogP contribution in [0.5, 0.6) is 5.75 Å². The molecular formula is C12H18N2O3. The van der Waals surface area contributed by atoms with Gasteiger partial charge < -0.3 is 21.3 Å². The average molecular weight is 238 g/mol. The van der Waals surface area contributed by atoms with Gasteiger partial charge in [0, 0.05) is 5.69 Å². The van der Waals surface area contributed by atoms with Crippen molar-refractivity contribution in [1.29, 1.82) is 0 Å². The highest BCUT2D eigenvalue weighted by Crippen LogP contribution is 2.18. The van der Waals surface area contributed by atoms with Gasteiger partial charge in [-0.25, -0.2) is 0 Å². The van der Waals surface area contributed by atoms with Crippen LogP contribution in [-0.4, -0.2) is 28.8 Å². The Balaban J connectivity index is 2.86. The molecule has 0 fully saturated rings. The Morgan fingerprint density at radius 1 is 1.47 bits per heavy atom. The SMILES string of the molecule is CC(C)[C@@H](CO)NC(=O)c1cc(O)ccc1N. The number of benzene rings is 1. The number of rotatable bonds is 4. The van der Waals surface area contributed by atoms with Crippen molar-refractivity contribution in [3.05, 3.63) is 23.8 Å². The summed E-state index contributed by atoms with van der Waals surface area (Å²) in [4.78, 5) is 11.9. The van der Waals surface area contributed by atoms with Crippen LogP contribution < -0.4 is 11.1 Å². The molecule has 1 aromatic carbocycles. The van der Waals surface area contributed by atoms with Crippen LogP contribution in [0.25, 0.3) is 0 Å². The summed E-state index contributed by atoms with van der Waals surface area (Å²) in [6.07, 6.45) is 0. The van der Waals surface area contributed by atoms with Crippen LogP contribution in [0, 0.1) is 5.92 Å². The van der Waals surface area contributed by atoms with E-state index in [2.05, 4.69) is 5.32 Å². The second-order valence-electron chi connectivity index (χ2n) is 4.28. The van der Waals surface area contributed by atoms with Crippen LogP contribution in [0.3, 0.4) is 0 Å². The van der Waals surface area contributed by atoms with E-state index < -0.39 is 5.91 Å². The van der Waals surface area contributed by atoms with Crippen LogP contribution in [0.15, 0.2) is 18.2 Å². The van der Waals surface area contributed by atoms with Gasteiger partial charge in [-0.2, -0.15) is 0 Å². The number of carbonyl (C=O) groups excluding carboxylic acids is 1. The number of hydrogen-bond donors (Lipinski definition) is 4. The number of carbonyl (C=O) groups is 1. The van der Waals surface area contributed by atoms with Crippen LogP contribution in [-0.2, 0) is 0 Å². The fourth-order valence-electron chi connectivity index (χ4n) is 1.41. The molecule has 0 aliphatic heterocycles. The molecule has 17 heavy (non-hydrogen) atoms. The molecule has 0 spiro atoms. The summed E-state index contributed by atoms with van der Waals surface area (Å²) in [5.74, 6) is -0.303. The number of nitrogens with one attached hydrogen (secondary N) is 1. The molecule has 1 atom stereocenters. The Morgan fingerprint density at radius 3 is 2.65 bits per heavy atom. The van der Waals surface area contributed by atoms with Gasteiger partial charge >= 0.3 is 0 Å². The number of nitrogen functional groups attached to an aromatic ring is 1. The Hall–Kier alpha value is -1.75. The number of phenolic OH excluding ortho intramolecular Hbond substituents is 1. The first-order chi connectivity index (χ1) is 7.95. The lowest BCUT2D eigenvalue weighted by Gasteiger charge is -2.20. The maximum absolute atomic E-state index is 11.9. The van der Waals surface area contributed by atoms with Gasteiger partial charge in [-0.3, -0.25) is 4.79 Å². The van der Waals surface area contributed by atoms with Crippen molar-refractivity contribution in [2.45, 2.75) is 19.9 Å². The van der Waals surface area contributed by atoms with Crippen molar-refractivity contribution in [3.63, 3.8) is 0 Å². The smallest absolute Gasteiger partial charge is 0.253 e. The Kier molecular flexibility index (Phi) is 4.34. The number of aliphatic hydroxyl groups is 1. The first-order valence-corrected chi connectivity index (χ1v) is 5.46. The average Bonchev–Trinajstić information content (AvgIpc) is 2.28. The molecule has 0 saturated heterocycles. The third kappa shape index (κ3) is 3.35. The molecule has 0 aliphatic rings. The molecule has 1 aromatic rings. The standard InChI is InChI=1S/C12H18N2O3/c1-7(2)11(6-15)14-12(17)9-5-8(16)3-4-10(9)13/h3-5,7,11,15-16H,6,13H2,1-2H3,(H,14,17)/t11-/m1/s1. The molecule has 0 heterocycles. The zero-order valence-corrected chi connectivity index (χ0v) is 9.97. The first-order valence-electron chi connectivity index (χ1n) is 5.46. The molecule has 0 unspecified atom stereocenters. The van der Waals surface area contributed by atoms with Crippen molar-refractivity contribution >= 4 is 11.6 Å². The summed E-state index contributed by atoms with van der Waals surface area (Å²) in [6.45, 7) is 3.65. The fourth-order valence-corrected chi connectivity index (χ4v) is 1.41. The number of phenols is 1. The summed E-state index contributed by atoms with van der Waals surface area (Å²) in [5.41, 5.74) is 6.15. The molecule has 5 nitrogen and oxygen atoms in total. The van der Waals surface area contributed by atoms with Crippen molar-refractivity contribution in [1.82, 2.24) is 5.32 Å². The van der Waals surface area contributed by atoms with E-state index in [0.717, 1.165) is 0 Å². The van der Waals surface area contributed by atoms with E-state index in [4.69, 9.17) is 10.8 Å². The van der Waals surface area contributed by atoms with Gasteiger partial charge in [0.1, 0.15) is 5.75 Å². The van der Waals surface area contributed by atoms with Crippen LogP contribution >= 0.6 is 0 Å².